The molecule has 2 aliphatic rings. The zero-order chi connectivity index (χ0) is 8.93. The van der Waals surface area contributed by atoms with Crippen LogP contribution in [0, 0.1) is 5.92 Å². The molecular weight excluding hydrogens is 231 g/mol. The van der Waals surface area contributed by atoms with Crippen LogP contribution in [0.2, 0.25) is 0 Å². The maximum Gasteiger partial charge on any atom is 0.00106 e. The van der Waals surface area contributed by atoms with Gasteiger partial charge in [0.05, 0.1) is 0 Å². The molecule has 1 N–H and O–H groups in total. The number of hydrogen-bond acceptors (Lipinski definition) is 2. The van der Waals surface area contributed by atoms with Gasteiger partial charge in [0, 0.05) is 6.54 Å². The van der Waals surface area contributed by atoms with Crippen LogP contribution < -0.4 is 5.32 Å². The van der Waals surface area contributed by atoms with E-state index in [1.54, 1.807) is 0 Å². The monoisotopic (exact) mass is 254 g/mol. The van der Waals surface area contributed by atoms with Gasteiger partial charge >= 0.3 is 0 Å². The van der Waals surface area contributed by atoms with Crippen LogP contribution in [0.4, 0.5) is 0 Å². The Morgan fingerprint density at radius 3 is 2.13 bits per heavy atom. The molecule has 2 fully saturated rings. The largest absolute Gasteiger partial charge is 0.317 e. The molecule has 0 saturated carbocycles. The Balaban J connectivity index is 0.000000980. The first-order chi connectivity index (χ1) is 6.45. The molecule has 0 aromatic carbocycles. The molecule has 2 nitrogen and oxygen atoms in total. The number of rotatable bonds is 2. The van der Waals surface area contributed by atoms with Crippen LogP contribution >= 0.6 is 24.8 Å². The van der Waals surface area contributed by atoms with Crippen molar-refractivity contribution in [3.05, 3.63) is 0 Å². The van der Waals surface area contributed by atoms with Gasteiger partial charge in [-0.3, -0.25) is 0 Å². The van der Waals surface area contributed by atoms with Gasteiger partial charge in [0.25, 0.3) is 0 Å². The Bertz CT molecular complexity index is 128. The summed E-state index contributed by atoms with van der Waals surface area (Å²) >= 11 is 0. The minimum absolute atomic E-state index is 0. The van der Waals surface area contributed by atoms with Crippen LogP contribution in [-0.4, -0.2) is 37.6 Å². The summed E-state index contributed by atoms with van der Waals surface area (Å²) in [7, 11) is 0. The lowest BCUT2D eigenvalue weighted by Crippen LogP contribution is -2.38. The highest BCUT2D eigenvalue weighted by atomic mass is 35.5. The van der Waals surface area contributed by atoms with Crippen molar-refractivity contribution >= 4 is 24.8 Å². The highest BCUT2D eigenvalue weighted by molar-refractivity contribution is 5.85. The van der Waals surface area contributed by atoms with Gasteiger partial charge in [0.1, 0.15) is 0 Å². The lowest BCUT2D eigenvalue weighted by Gasteiger charge is -2.32. The van der Waals surface area contributed by atoms with E-state index in [2.05, 4.69) is 10.2 Å². The van der Waals surface area contributed by atoms with E-state index in [1.165, 1.54) is 64.8 Å². The van der Waals surface area contributed by atoms with Crippen LogP contribution in [0.5, 0.6) is 0 Å². The van der Waals surface area contributed by atoms with E-state index < -0.39 is 0 Å². The molecule has 2 aliphatic heterocycles. The topological polar surface area (TPSA) is 15.3 Å². The van der Waals surface area contributed by atoms with Gasteiger partial charge in [-0.2, -0.15) is 0 Å². The number of halogens is 2. The lowest BCUT2D eigenvalue weighted by molar-refractivity contribution is 0.177. The molecule has 15 heavy (non-hydrogen) atoms. The molecule has 0 atom stereocenters. The van der Waals surface area contributed by atoms with Crippen molar-refractivity contribution in [3.63, 3.8) is 0 Å². The fourth-order valence-corrected chi connectivity index (χ4v) is 2.57. The van der Waals surface area contributed by atoms with Crippen LogP contribution in [0.1, 0.15) is 32.1 Å². The van der Waals surface area contributed by atoms with Crippen LogP contribution in [0.15, 0.2) is 0 Å². The van der Waals surface area contributed by atoms with Crippen LogP contribution in [0.3, 0.4) is 0 Å². The van der Waals surface area contributed by atoms with Crippen molar-refractivity contribution in [1.82, 2.24) is 10.2 Å². The third-order valence-electron chi connectivity index (χ3n) is 3.42. The zero-order valence-corrected chi connectivity index (χ0v) is 11.0. The third-order valence-corrected chi connectivity index (χ3v) is 3.42. The second-order valence-electron chi connectivity index (χ2n) is 4.55. The van der Waals surface area contributed by atoms with Gasteiger partial charge in [0.15, 0.2) is 0 Å². The smallest absolute Gasteiger partial charge is 0.00106 e. The van der Waals surface area contributed by atoms with Gasteiger partial charge in [-0.05, 0) is 57.8 Å². The first kappa shape index (κ1) is 15.5. The summed E-state index contributed by atoms with van der Waals surface area (Å²) in [5.74, 6) is 0.986. The number of likely N-dealkylation sites (tertiary alicyclic amines) is 1. The Morgan fingerprint density at radius 2 is 1.53 bits per heavy atom. The molecule has 0 spiro atoms. The molecule has 0 bridgehead atoms. The maximum atomic E-state index is 3.43. The fraction of sp³-hybridized carbons (Fsp3) is 1.00. The van der Waals surface area contributed by atoms with Gasteiger partial charge in [0.2, 0.25) is 0 Å². The molecule has 4 heteroatoms. The standard InChI is InChI=1S/C11H22N2.2ClH/c1-2-8-13(9-3-1)10-11-4-6-12-7-5-11;;/h11-12H,1-10H2;2*1H. The average molecular weight is 255 g/mol. The molecule has 2 rings (SSSR count). The fourth-order valence-electron chi connectivity index (χ4n) is 2.57. The highest BCUT2D eigenvalue weighted by Crippen LogP contribution is 2.16. The first-order valence-corrected chi connectivity index (χ1v) is 5.88. The summed E-state index contributed by atoms with van der Waals surface area (Å²) in [5, 5.41) is 3.43. The number of nitrogens with one attached hydrogen (secondary N) is 1. The first-order valence-electron chi connectivity index (χ1n) is 5.88. The Hall–Kier alpha value is 0.500. The van der Waals surface area contributed by atoms with E-state index in [1.807, 2.05) is 0 Å². The molecule has 2 saturated heterocycles. The zero-order valence-electron chi connectivity index (χ0n) is 9.41. The van der Waals surface area contributed by atoms with E-state index in [-0.39, 0.29) is 24.8 Å². The van der Waals surface area contributed by atoms with Crippen molar-refractivity contribution < 1.29 is 0 Å². The Morgan fingerprint density at radius 1 is 0.933 bits per heavy atom. The van der Waals surface area contributed by atoms with Crippen molar-refractivity contribution in [2.45, 2.75) is 32.1 Å². The summed E-state index contributed by atoms with van der Waals surface area (Å²) in [4.78, 5) is 2.68. The quantitative estimate of drug-likeness (QED) is 0.814. The second-order valence-corrected chi connectivity index (χ2v) is 4.55. The molecule has 0 unspecified atom stereocenters. The predicted octanol–water partition coefficient (Wildman–Crippen LogP) is 2.32. The Kier molecular flexibility index (Phi) is 8.92. The highest BCUT2D eigenvalue weighted by Gasteiger charge is 2.17. The predicted molar refractivity (Wildman–Crippen MR) is 70.4 cm³/mol. The minimum atomic E-state index is 0. The maximum absolute atomic E-state index is 3.43. The molecular formula is C11H24Cl2N2. The van der Waals surface area contributed by atoms with E-state index in [0.717, 1.165) is 5.92 Å². The summed E-state index contributed by atoms with van der Waals surface area (Å²) in [5.41, 5.74) is 0. The minimum Gasteiger partial charge on any atom is -0.317 e. The van der Waals surface area contributed by atoms with Gasteiger partial charge in [-0.25, -0.2) is 0 Å². The van der Waals surface area contributed by atoms with Crippen molar-refractivity contribution in [3.8, 4) is 0 Å². The molecule has 0 amide bonds. The average Bonchev–Trinajstić information content (AvgIpc) is 2.21. The molecule has 0 aromatic rings. The molecule has 0 aromatic heterocycles. The third kappa shape index (κ3) is 5.39. The normalized spacial score (nSPS) is 24.0. The van der Waals surface area contributed by atoms with Crippen LogP contribution in [-0.2, 0) is 0 Å². The Labute approximate surface area is 106 Å². The summed E-state index contributed by atoms with van der Waals surface area (Å²) in [6, 6.07) is 0. The number of piperidine rings is 2. The molecule has 0 aliphatic carbocycles. The van der Waals surface area contributed by atoms with Gasteiger partial charge in [-0.15, -0.1) is 24.8 Å². The number of nitrogens with zero attached hydrogens (tertiary/aromatic N) is 1. The van der Waals surface area contributed by atoms with Gasteiger partial charge < -0.3 is 10.2 Å². The SMILES string of the molecule is C1CCN(CC2CCNCC2)CC1.Cl.Cl. The van der Waals surface area contributed by atoms with Crippen LogP contribution in [0.25, 0.3) is 0 Å². The summed E-state index contributed by atoms with van der Waals surface area (Å²) < 4.78 is 0. The van der Waals surface area contributed by atoms with E-state index >= 15 is 0 Å². The van der Waals surface area contributed by atoms with Gasteiger partial charge in [-0.1, -0.05) is 6.42 Å². The van der Waals surface area contributed by atoms with Crippen molar-refractivity contribution in [1.29, 1.82) is 0 Å². The molecule has 0 radical (unpaired) electrons. The van der Waals surface area contributed by atoms with E-state index in [4.69, 9.17) is 0 Å². The van der Waals surface area contributed by atoms with Crippen molar-refractivity contribution in [2.75, 3.05) is 32.7 Å². The van der Waals surface area contributed by atoms with E-state index in [0.29, 0.717) is 0 Å². The molecule has 2 heterocycles. The van der Waals surface area contributed by atoms with E-state index in [9.17, 15) is 0 Å². The summed E-state index contributed by atoms with van der Waals surface area (Å²) in [6.45, 7) is 6.60. The lowest BCUT2D eigenvalue weighted by atomic mass is 9.96. The summed E-state index contributed by atoms with van der Waals surface area (Å²) in [6.07, 6.45) is 7.13. The van der Waals surface area contributed by atoms with Crippen molar-refractivity contribution in [2.24, 2.45) is 5.92 Å². The molecule has 92 valence electrons. The second kappa shape index (κ2) is 8.63. The number of hydrogen-bond donors (Lipinski definition) is 1.